The molecule has 2 rings (SSSR count). The number of methoxy groups -OCH3 is 1. The molecule has 2 N–H and O–H groups in total. The third-order valence-electron chi connectivity index (χ3n) is 3.95. The van der Waals surface area contributed by atoms with Crippen molar-refractivity contribution < 1.29 is 9.53 Å². The smallest absolute Gasteiger partial charge is 0.227 e. The SMILES string of the molecule is COCC1CCCN(C(=O)Cc2ccccc2CN)C1. The quantitative estimate of drug-likeness (QED) is 0.888. The Kier molecular flexibility index (Phi) is 5.56. The maximum Gasteiger partial charge on any atom is 0.227 e. The Morgan fingerprint density at radius 3 is 2.85 bits per heavy atom. The van der Waals surface area contributed by atoms with Crippen LogP contribution in [0.4, 0.5) is 0 Å². The van der Waals surface area contributed by atoms with Crippen molar-refractivity contribution in [1.29, 1.82) is 0 Å². The lowest BCUT2D eigenvalue weighted by atomic mass is 9.97. The van der Waals surface area contributed by atoms with Crippen LogP contribution in [-0.4, -0.2) is 37.6 Å². The number of benzene rings is 1. The van der Waals surface area contributed by atoms with E-state index in [2.05, 4.69) is 0 Å². The van der Waals surface area contributed by atoms with Gasteiger partial charge in [-0.3, -0.25) is 4.79 Å². The molecular weight excluding hydrogens is 252 g/mol. The molecule has 1 heterocycles. The second kappa shape index (κ2) is 7.41. The van der Waals surface area contributed by atoms with Crippen molar-refractivity contribution in [3.63, 3.8) is 0 Å². The van der Waals surface area contributed by atoms with Crippen molar-refractivity contribution in [2.45, 2.75) is 25.8 Å². The number of hydrogen-bond donors (Lipinski definition) is 1. The standard InChI is InChI=1S/C16H24N2O2/c1-20-12-13-5-4-8-18(11-13)16(19)9-14-6-2-3-7-15(14)10-17/h2-3,6-7,13H,4-5,8-12,17H2,1H3. The summed E-state index contributed by atoms with van der Waals surface area (Å²) in [6, 6.07) is 7.92. The molecule has 0 radical (unpaired) electrons. The fraction of sp³-hybridized carbons (Fsp3) is 0.562. The zero-order valence-electron chi connectivity index (χ0n) is 12.2. The molecular formula is C16H24N2O2. The number of likely N-dealkylation sites (tertiary alicyclic amines) is 1. The first-order valence-electron chi connectivity index (χ1n) is 7.28. The Bertz CT molecular complexity index is 446. The molecule has 1 aromatic carbocycles. The first-order valence-corrected chi connectivity index (χ1v) is 7.28. The minimum Gasteiger partial charge on any atom is -0.384 e. The Labute approximate surface area is 120 Å². The van der Waals surface area contributed by atoms with Crippen LogP contribution in [0.2, 0.25) is 0 Å². The number of hydrogen-bond acceptors (Lipinski definition) is 3. The number of rotatable bonds is 5. The molecule has 4 heteroatoms. The van der Waals surface area contributed by atoms with Crippen LogP contribution in [0.5, 0.6) is 0 Å². The molecule has 1 fully saturated rings. The van der Waals surface area contributed by atoms with Crippen LogP contribution in [0.3, 0.4) is 0 Å². The van der Waals surface area contributed by atoms with Gasteiger partial charge in [-0.15, -0.1) is 0 Å². The van der Waals surface area contributed by atoms with E-state index in [1.54, 1.807) is 7.11 Å². The average Bonchev–Trinajstić information content (AvgIpc) is 2.48. The van der Waals surface area contributed by atoms with Gasteiger partial charge >= 0.3 is 0 Å². The molecule has 1 unspecified atom stereocenters. The Hall–Kier alpha value is -1.39. The number of ether oxygens (including phenoxy) is 1. The number of carbonyl (C=O) groups excluding carboxylic acids is 1. The molecule has 0 saturated carbocycles. The molecule has 0 spiro atoms. The van der Waals surface area contributed by atoms with Gasteiger partial charge in [0.15, 0.2) is 0 Å². The van der Waals surface area contributed by atoms with Gasteiger partial charge in [0.2, 0.25) is 5.91 Å². The van der Waals surface area contributed by atoms with Crippen LogP contribution in [0.1, 0.15) is 24.0 Å². The minimum atomic E-state index is 0.201. The normalized spacial score (nSPS) is 19.1. The lowest BCUT2D eigenvalue weighted by molar-refractivity contribution is -0.132. The molecule has 0 aromatic heterocycles. The summed E-state index contributed by atoms with van der Waals surface area (Å²) in [6.45, 7) is 2.90. The van der Waals surface area contributed by atoms with Crippen LogP contribution in [0.25, 0.3) is 0 Å². The van der Waals surface area contributed by atoms with Gasteiger partial charge in [-0.25, -0.2) is 0 Å². The summed E-state index contributed by atoms with van der Waals surface area (Å²) in [7, 11) is 1.72. The summed E-state index contributed by atoms with van der Waals surface area (Å²) in [5.74, 6) is 0.675. The molecule has 0 aliphatic carbocycles. The molecule has 0 bridgehead atoms. The van der Waals surface area contributed by atoms with Gasteiger partial charge in [0, 0.05) is 26.7 Å². The van der Waals surface area contributed by atoms with Crippen LogP contribution < -0.4 is 5.73 Å². The number of nitrogens with zero attached hydrogens (tertiary/aromatic N) is 1. The monoisotopic (exact) mass is 276 g/mol. The van der Waals surface area contributed by atoms with E-state index >= 15 is 0 Å². The largest absolute Gasteiger partial charge is 0.384 e. The van der Waals surface area contributed by atoms with Gasteiger partial charge < -0.3 is 15.4 Å². The second-order valence-electron chi connectivity index (χ2n) is 5.45. The third kappa shape index (κ3) is 3.81. The Morgan fingerprint density at radius 1 is 1.40 bits per heavy atom. The van der Waals surface area contributed by atoms with E-state index in [1.807, 2.05) is 29.2 Å². The van der Waals surface area contributed by atoms with E-state index in [9.17, 15) is 4.79 Å². The van der Waals surface area contributed by atoms with E-state index in [1.165, 1.54) is 0 Å². The van der Waals surface area contributed by atoms with Crippen LogP contribution in [-0.2, 0) is 22.5 Å². The highest BCUT2D eigenvalue weighted by Crippen LogP contribution is 2.18. The van der Waals surface area contributed by atoms with Crippen molar-refractivity contribution in [3.8, 4) is 0 Å². The molecule has 1 atom stereocenters. The zero-order chi connectivity index (χ0) is 14.4. The van der Waals surface area contributed by atoms with Crippen molar-refractivity contribution in [2.75, 3.05) is 26.8 Å². The molecule has 4 nitrogen and oxygen atoms in total. The van der Waals surface area contributed by atoms with Gasteiger partial charge in [-0.05, 0) is 29.9 Å². The van der Waals surface area contributed by atoms with E-state index in [0.717, 1.165) is 43.7 Å². The Morgan fingerprint density at radius 2 is 2.15 bits per heavy atom. The highest BCUT2D eigenvalue weighted by atomic mass is 16.5. The van der Waals surface area contributed by atoms with E-state index < -0.39 is 0 Å². The topological polar surface area (TPSA) is 55.6 Å². The summed E-state index contributed by atoms with van der Waals surface area (Å²) in [5.41, 5.74) is 7.84. The number of amides is 1. The minimum absolute atomic E-state index is 0.201. The Balaban J connectivity index is 1.97. The van der Waals surface area contributed by atoms with Crippen LogP contribution in [0, 0.1) is 5.92 Å². The molecule has 20 heavy (non-hydrogen) atoms. The molecule has 1 aliphatic rings. The third-order valence-corrected chi connectivity index (χ3v) is 3.95. The molecule has 1 amide bonds. The molecule has 110 valence electrons. The molecule has 1 aromatic rings. The lowest BCUT2D eigenvalue weighted by Crippen LogP contribution is -2.42. The van der Waals surface area contributed by atoms with Crippen molar-refractivity contribution in [2.24, 2.45) is 11.7 Å². The predicted octanol–water partition coefficient (Wildman–Crippen LogP) is 1.57. The summed E-state index contributed by atoms with van der Waals surface area (Å²) in [6.07, 6.45) is 2.67. The van der Waals surface area contributed by atoms with Crippen molar-refractivity contribution in [1.82, 2.24) is 4.90 Å². The van der Waals surface area contributed by atoms with Gasteiger partial charge in [0.25, 0.3) is 0 Å². The summed E-state index contributed by atoms with van der Waals surface area (Å²) >= 11 is 0. The summed E-state index contributed by atoms with van der Waals surface area (Å²) in [5, 5.41) is 0. The lowest BCUT2D eigenvalue weighted by Gasteiger charge is -2.32. The zero-order valence-corrected chi connectivity index (χ0v) is 12.2. The van der Waals surface area contributed by atoms with Crippen molar-refractivity contribution in [3.05, 3.63) is 35.4 Å². The first-order chi connectivity index (χ1) is 9.74. The second-order valence-corrected chi connectivity index (χ2v) is 5.45. The molecule has 1 aliphatic heterocycles. The van der Waals surface area contributed by atoms with Gasteiger partial charge in [0.05, 0.1) is 13.0 Å². The fourth-order valence-corrected chi connectivity index (χ4v) is 2.87. The summed E-state index contributed by atoms with van der Waals surface area (Å²) < 4.78 is 5.21. The molecule has 1 saturated heterocycles. The fourth-order valence-electron chi connectivity index (χ4n) is 2.87. The average molecular weight is 276 g/mol. The van der Waals surface area contributed by atoms with Crippen LogP contribution in [0.15, 0.2) is 24.3 Å². The maximum atomic E-state index is 12.4. The predicted molar refractivity (Wildman–Crippen MR) is 79.2 cm³/mol. The van der Waals surface area contributed by atoms with Gasteiger partial charge in [-0.1, -0.05) is 24.3 Å². The van der Waals surface area contributed by atoms with E-state index in [-0.39, 0.29) is 5.91 Å². The highest BCUT2D eigenvalue weighted by molar-refractivity contribution is 5.79. The van der Waals surface area contributed by atoms with E-state index in [4.69, 9.17) is 10.5 Å². The number of nitrogens with two attached hydrogens (primary N) is 1. The maximum absolute atomic E-state index is 12.4. The van der Waals surface area contributed by atoms with Crippen molar-refractivity contribution >= 4 is 5.91 Å². The first kappa shape index (κ1) is 15.0. The van der Waals surface area contributed by atoms with Gasteiger partial charge in [-0.2, -0.15) is 0 Å². The van der Waals surface area contributed by atoms with Gasteiger partial charge in [0.1, 0.15) is 0 Å². The highest BCUT2D eigenvalue weighted by Gasteiger charge is 2.23. The van der Waals surface area contributed by atoms with Crippen LogP contribution >= 0.6 is 0 Å². The number of carbonyl (C=O) groups is 1. The van der Waals surface area contributed by atoms with E-state index in [0.29, 0.717) is 18.9 Å². The number of piperidine rings is 1. The summed E-state index contributed by atoms with van der Waals surface area (Å²) in [4.78, 5) is 14.4.